The van der Waals surface area contributed by atoms with E-state index in [9.17, 15) is 9.59 Å². The van der Waals surface area contributed by atoms with Gasteiger partial charge < -0.3 is 10.2 Å². The van der Waals surface area contributed by atoms with Gasteiger partial charge >= 0.3 is 0 Å². The highest BCUT2D eigenvalue weighted by molar-refractivity contribution is 9.10. The van der Waals surface area contributed by atoms with Crippen LogP contribution in [0.25, 0.3) is 0 Å². The van der Waals surface area contributed by atoms with Gasteiger partial charge in [-0.3, -0.25) is 9.59 Å². The van der Waals surface area contributed by atoms with E-state index < -0.39 is 0 Å². The number of aryl methyl sites for hydroxylation is 3. The Kier molecular flexibility index (Phi) is 5.47. The Balaban J connectivity index is 1.76. The second-order valence-corrected chi connectivity index (χ2v) is 7.76. The molecule has 0 bridgehead atoms. The van der Waals surface area contributed by atoms with Crippen molar-refractivity contribution < 1.29 is 9.59 Å². The van der Waals surface area contributed by atoms with Crippen LogP contribution < -0.4 is 10.2 Å². The molecule has 1 aliphatic heterocycles. The summed E-state index contributed by atoms with van der Waals surface area (Å²) >= 11 is 3.46. The number of anilines is 2. The largest absolute Gasteiger partial charge is 0.326 e. The van der Waals surface area contributed by atoms with Crippen molar-refractivity contribution >= 4 is 39.1 Å². The van der Waals surface area contributed by atoms with E-state index in [0.29, 0.717) is 6.54 Å². The number of rotatable bonds is 4. The monoisotopic (exact) mass is 414 g/mol. The standard InChI is InChI=1S/C21H23BrN2O2/c1-4-15-10-17(22)7-8-18(15)23-21(26)16-11-20(25)24(12-16)19-9-13(2)5-6-14(19)3/h5-10,16H,4,11-12H2,1-3H3,(H,23,26)/t16-/m1/s1. The number of halogens is 1. The number of nitrogens with one attached hydrogen (secondary N) is 1. The van der Waals surface area contributed by atoms with Crippen molar-refractivity contribution in [2.45, 2.75) is 33.6 Å². The summed E-state index contributed by atoms with van der Waals surface area (Å²) in [5.74, 6) is -0.427. The zero-order valence-corrected chi connectivity index (χ0v) is 16.9. The molecule has 5 heteroatoms. The van der Waals surface area contributed by atoms with Crippen LogP contribution in [0, 0.1) is 19.8 Å². The minimum atomic E-state index is -0.337. The predicted octanol–water partition coefficient (Wildman–Crippen LogP) is 4.62. The number of nitrogens with zero attached hydrogens (tertiary/aromatic N) is 1. The minimum Gasteiger partial charge on any atom is -0.326 e. The van der Waals surface area contributed by atoms with Crippen molar-refractivity contribution in [2.24, 2.45) is 5.92 Å². The quantitative estimate of drug-likeness (QED) is 0.792. The molecule has 1 atom stereocenters. The molecule has 3 rings (SSSR count). The highest BCUT2D eigenvalue weighted by atomic mass is 79.9. The molecule has 0 saturated carbocycles. The predicted molar refractivity (Wildman–Crippen MR) is 109 cm³/mol. The molecule has 1 saturated heterocycles. The Morgan fingerprint density at radius 3 is 2.73 bits per heavy atom. The number of carbonyl (C=O) groups is 2. The summed E-state index contributed by atoms with van der Waals surface area (Å²) in [5, 5.41) is 3.01. The summed E-state index contributed by atoms with van der Waals surface area (Å²) < 4.78 is 0.990. The first-order chi connectivity index (χ1) is 12.4. The minimum absolute atomic E-state index is 0.00497. The molecule has 1 fully saturated rings. The van der Waals surface area contributed by atoms with Crippen LogP contribution in [0.4, 0.5) is 11.4 Å². The van der Waals surface area contributed by atoms with Gasteiger partial charge in [-0.1, -0.05) is 35.0 Å². The molecule has 1 aliphatic rings. The van der Waals surface area contributed by atoms with Crippen LogP contribution in [0.1, 0.15) is 30.0 Å². The van der Waals surface area contributed by atoms with Crippen molar-refractivity contribution in [3.05, 3.63) is 57.6 Å². The molecule has 0 aromatic heterocycles. The Morgan fingerprint density at radius 1 is 1.23 bits per heavy atom. The third kappa shape index (κ3) is 3.83. The molecule has 2 aromatic rings. The van der Waals surface area contributed by atoms with Crippen LogP contribution in [0.5, 0.6) is 0 Å². The third-order valence-corrected chi connectivity index (χ3v) is 5.35. The van der Waals surface area contributed by atoms with Crippen molar-refractivity contribution in [1.82, 2.24) is 0 Å². The van der Waals surface area contributed by atoms with Crippen LogP contribution in [-0.2, 0) is 16.0 Å². The van der Waals surface area contributed by atoms with Gasteiger partial charge in [-0.25, -0.2) is 0 Å². The first-order valence-corrected chi connectivity index (χ1v) is 9.65. The average molecular weight is 415 g/mol. The maximum absolute atomic E-state index is 12.7. The molecule has 2 amide bonds. The van der Waals surface area contributed by atoms with E-state index in [-0.39, 0.29) is 24.2 Å². The van der Waals surface area contributed by atoms with Gasteiger partial charge in [0.1, 0.15) is 0 Å². The molecular formula is C21H23BrN2O2. The van der Waals surface area contributed by atoms with Crippen molar-refractivity contribution in [3.8, 4) is 0 Å². The highest BCUT2D eigenvalue weighted by Crippen LogP contribution is 2.30. The molecule has 26 heavy (non-hydrogen) atoms. The fourth-order valence-electron chi connectivity index (χ4n) is 3.34. The molecule has 0 aliphatic carbocycles. The molecule has 4 nitrogen and oxygen atoms in total. The molecule has 0 radical (unpaired) electrons. The van der Waals surface area contributed by atoms with Crippen molar-refractivity contribution in [3.63, 3.8) is 0 Å². The van der Waals surface area contributed by atoms with Gasteiger partial charge in [-0.15, -0.1) is 0 Å². The summed E-state index contributed by atoms with van der Waals surface area (Å²) in [6.45, 7) is 6.48. The Labute approximate surface area is 162 Å². The van der Waals surface area contributed by atoms with Gasteiger partial charge in [0.05, 0.1) is 5.92 Å². The molecule has 0 unspecified atom stereocenters. The van der Waals surface area contributed by atoms with Crippen LogP contribution in [0.2, 0.25) is 0 Å². The second-order valence-electron chi connectivity index (χ2n) is 6.84. The van der Waals surface area contributed by atoms with Crippen LogP contribution in [0.3, 0.4) is 0 Å². The van der Waals surface area contributed by atoms with Crippen LogP contribution in [0.15, 0.2) is 40.9 Å². The Bertz CT molecular complexity index is 863. The normalized spacial score (nSPS) is 16.8. The van der Waals surface area contributed by atoms with Crippen LogP contribution in [-0.4, -0.2) is 18.4 Å². The van der Waals surface area contributed by atoms with E-state index >= 15 is 0 Å². The first kappa shape index (κ1) is 18.6. The van der Waals surface area contributed by atoms with Gasteiger partial charge in [0, 0.05) is 28.8 Å². The Hall–Kier alpha value is -2.14. The summed E-state index contributed by atoms with van der Waals surface area (Å²) in [6, 6.07) is 11.9. The topological polar surface area (TPSA) is 49.4 Å². The number of amides is 2. The maximum atomic E-state index is 12.7. The molecule has 2 aromatic carbocycles. The van der Waals surface area contributed by atoms with E-state index in [2.05, 4.69) is 28.2 Å². The second kappa shape index (κ2) is 7.62. The maximum Gasteiger partial charge on any atom is 0.229 e. The van der Waals surface area contributed by atoms with Gasteiger partial charge in [0.25, 0.3) is 0 Å². The molecule has 0 spiro atoms. The lowest BCUT2D eigenvalue weighted by molar-refractivity contribution is -0.122. The summed E-state index contributed by atoms with van der Waals surface area (Å²) in [7, 11) is 0. The zero-order valence-electron chi connectivity index (χ0n) is 15.3. The molecule has 1 heterocycles. The van der Waals surface area contributed by atoms with E-state index in [1.807, 2.05) is 50.2 Å². The number of benzene rings is 2. The lowest BCUT2D eigenvalue weighted by Crippen LogP contribution is -2.28. The number of hydrogen-bond acceptors (Lipinski definition) is 2. The zero-order chi connectivity index (χ0) is 18.8. The van der Waals surface area contributed by atoms with E-state index in [0.717, 1.165) is 39.0 Å². The van der Waals surface area contributed by atoms with Gasteiger partial charge in [-0.05, 0) is 61.2 Å². The average Bonchev–Trinajstić information content (AvgIpc) is 3.00. The number of carbonyl (C=O) groups excluding carboxylic acids is 2. The number of hydrogen-bond donors (Lipinski definition) is 1. The summed E-state index contributed by atoms with van der Waals surface area (Å²) in [5.41, 5.74) is 4.95. The van der Waals surface area contributed by atoms with Crippen LogP contribution >= 0.6 is 15.9 Å². The van der Waals surface area contributed by atoms with Crippen molar-refractivity contribution in [1.29, 1.82) is 0 Å². The van der Waals surface area contributed by atoms with E-state index in [1.54, 1.807) is 4.90 Å². The lowest BCUT2D eigenvalue weighted by Gasteiger charge is -2.20. The highest BCUT2D eigenvalue weighted by Gasteiger charge is 2.35. The fourth-order valence-corrected chi connectivity index (χ4v) is 3.75. The fraction of sp³-hybridized carbons (Fsp3) is 0.333. The lowest BCUT2D eigenvalue weighted by atomic mass is 10.1. The van der Waals surface area contributed by atoms with E-state index in [4.69, 9.17) is 0 Å². The summed E-state index contributed by atoms with van der Waals surface area (Å²) in [4.78, 5) is 27.0. The van der Waals surface area contributed by atoms with Gasteiger partial charge in [-0.2, -0.15) is 0 Å². The summed E-state index contributed by atoms with van der Waals surface area (Å²) in [6.07, 6.45) is 1.07. The van der Waals surface area contributed by atoms with E-state index in [1.165, 1.54) is 0 Å². The van der Waals surface area contributed by atoms with Crippen molar-refractivity contribution in [2.75, 3.05) is 16.8 Å². The SMILES string of the molecule is CCc1cc(Br)ccc1NC(=O)[C@@H]1CC(=O)N(c2cc(C)ccc2C)C1. The molecular weight excluding hydrogens is 392 g/mol. The molecule has 136 valence electrons. The third-order valence-electron chi connectivity index (χ3n) is 4.86. The van der Waals surface area contributed by atoms with Gasteiger partial charge in [0.15, 0.2) is 0 Å². The smallest absolute Gasteiger partial charge is 0.229 e. The Morgan fingerprint density at radius 2 is 2.00 bits per heavy atom. The molecule has 1 N–H and O–H groups in total. The first-order valence-electron chi connectivity index (χ1n) is 8.86. The van der Waals surface area contributed by atoms with Gasteiger partial charge in [0.2, 0.25) is 11.8 Å².